The van der Waals surface area contributed by atoms with E-state index in [9.17, 15) is 17.2 Å². The van der Waals surface area contributed by atoms with E-state index in [0.717, 1.165) is 48.8 Å². The summed E-state index contributed by atoms with van der Waals surface area (Å²) in [4.78, 5) is 20.2. The smallest absolute Gasteiger partial charge is 0.269 e. The third-order valence-electron chi connectivity index (χ3n) is 8.28. The first-order valence-electron chi connectivity index (χ1n) is 15.2. The largest absolute Gasteiger partial charge is 0.338 e. The number of fused-ring (bicyclic) bond motifs is 6. The maximum Gasteiger partial charge on any atom is 0.269 e. The highest BCUT2D eigenvalue weighted by Gasteiger charge is 2.25. The first kappa shape index (κ1) is 31.0. The van der Waals surface area contributed by atoms with Crippen LogP contribution in [0, 0.1) is 18.6 Å². The predicted molar refractivity (Wildman–Crippen MR) is 185 cm³/mol. The van der Waals surface area contributed by atoms with Gasteiger partial charge in [-0.05, 0) is 43.3 Å². The Kier molecular flexibility index (Phi) is 7.22. The van der Waals surface area contributed by atoms with Crippen molar-refractivity contribution in [1.29, 1.82) is 0 Å². The summed E-state index contributed by atoms with van der Waals surface area (Å²) < 4.78 is 58.8. The Morgan fingerprint density at radius 1 is 0.660 bits per heavy atom. The molecule has 50 heavy (non-hydrogen) atoms. The van der Waals surface area contributed by atoms with E-state index in [0.29, 0.717) is 27.6 Å². The molecule has 0 radical (unpaired) electrons. The van der Waals surface area contributed by atoms with E-state index in [1.54, 1.807) is 71.5 Å². The van der Waals surface area contributed by atoms with Crippen LogP contribution < -0.4 is 0 Å². The summed E-state index contributed by atoms with van der Waals surface area (Å²) in [5.41, 5.74) is 6.02. The van der Waals surface area contributed by atoms with E-state index in [2.05, 4.69) is 35.1 Å². The van der Waals surface area contributed by atoms with Crippen LogP contribution in [0.2, 0.25) is 0 Å². The zero-order valence-electron chi connectivity index (χ0n) is 26.7. The second-order valence-electron chi connectivity index (χ2n) is 11.8. The van der Waals surface area contributed by atoms with Gasteiger partial charge in [-0.1, -0.05) is 17.7 Å². The van der Waals surface area contributed by atoms with Crippen LogP contribution >= 0.6 is 0 Å². The number of nitrogens with one attached hydrogen (secondary N) is 1. The number of rotatable bonds is 4. The first-order valence-corrected chi connectivity index (χ1v) is 16.7. The van der Waals surface area contributed by atoms with Crippen molar-refractivity contribution < 1.29 is 17.2 Å². The first-order chi connectivity index (χ1) is 24.0. The molecule has 1 aromatic carbocycles. The molecule has 8 aromatic heterocycles. The maximum atomic E-state index is 14.0. The van der Waals surface area contributed by atoms with E-state index in [4.69, 9.17) is 0 Å². The van der Waals surface area contributed by atoms with Gasteiger partial charge < -0.3 is 4.98 Å². The number of halogens is 2. The second-order valence-corrected chi connectivity index (χ2v) is 13.6. The monoisotopic (exact) mass is 688 g/mol. The molecule has 248 valence electrons. The highest BCUT2D eigenvalue weighted by molar-refractivity contribution is 7.90. The summed E-state index contributed by atoms with van der Waals surface area (Å²) in [6, 6.07) is 13.0. The van der Waals surface area contributed by atoms with Gasteiger partial charge in [0.2, 0.25) is 0 Å². The molecule has 15 heteroatoms. The molecular weight excluding hydrogens is 663 g/mol. The van der Waals surface area contributed by atoms with Crippen LogP contribution in [0.5, 0.6) is 0 Å². The second kappa shape index (κ2) is 11.7. The Labute approximate surface area is 282 Å². The summed E-state index contributed by atoms with van der Waals surface area (Å²) >= 11 is 0. The van der Waals surface area contributed by atoms with Gasteiger partial charge in [-0.15, -0.1) is 0 Å². The summed E-state index contributed by atoms with van der Waals surface area (Å²) in [5, 5.41) is 10.9. The molecule has 0 aliphatic heterocycles. The Balaban J connectivity index is 0.000000156. The molecule has 8 heterocycles. The molecule has 1 N–H and O–H groups in total. The standard InChI is InChI=1S/C21H16FN5O2S.C14H10FN5/c1-13-3-5-16(6-4-13)30(28,29)27-20-11-23-19(14-9-25-26(2)12-14)8-17(20)18-7-15(22)10-24-21(18)27;1-20-7-8(4-18-20)12-3-10-11-2-9(15)5-17-14(11)19-13(10)6-16-12/h3-12H,1-2H3;2-7H,1H3,(H,17,19). The molecule has 0 atom stereocenters. The number of hydrogen-bond acceptors (Lipinski definition) is 8. The van der Waals surface area contributed by atoms with Crippen LogP contribution in [0.25, 0.3) is 66.4 Å². The number of aromatic nitrogens is 10. The highest BCUT2D eigenvalue weighted by atomic mass is 32.2. The van der Waals surface area contributed by atoms with E-state index in [-0.39, 0.29) is 16.4 Å². The zero-order valence-corrected chi connectivity index (χ0v) is 27.6. The van der Waals surface area contributed by atoms with Crippen molar-refractivity contribution in [3.63, 3.8) is 0 Å². The van der Waals surface area contributed by atoms with Crippen molar-refractivity contribution in [1.82, 2.24) is 48.5 Å². The fourth-order valence-electron chi connectivity index (χ4n) is 5.86. The number of nitrogens with zero attached hydrogens (tertiary/aromatic N) is 9. The SMILES string of the molecule is Cc1ccc(S(=O)(=O)n2c3cnc(-c4cnn(C)c4)cc3c3cc(F)cnc32)cc1.Cn1cc(-c2cc3c(cn2)[nH]c2ncc(F)cc23)cn1. The van der Waals surface area contributed by atoms with Crippen molar-refractivity contribution in [2.24, 2.45) is 14.1 Å². The lowest BCUT2D eigenvalue weighted by molar-refractivity contribution is 0.589. The Morgan fingerprint density at radius 3 is 1.90 bits per heavy atom. The molecule has 0 aliphatic rings. The molecule has 9 aromatic rings. The van der Waals surface area contributed by atoms with Gasteiger partial charge in [0.05, 0.1) is 64.5 Å². The van der Waals surface area contributed by atoms with E-state index >= 15 is 0 Å². The lowest BCUT2D eigenvalue weighted by Crippen LogP contribution is -2.13. The minimum absolute atomic E-state index is 0.120. The lowest BCUT2D eigenvalue weighted by atomic mass is 10.1. The number of hydrogen-bond donors (Lipinski definition) is 1. The minimum atomic E-state index is -3.98. The minimum Gasteiger partial charge on any atom is -0.338 e. The molecule has 0 saturated heterocycles. The van der Waals surface area contributed by atoms with Crippen LogP contribution in [-0.4, -0.2) is 56.9 Å². The number of pyridine rings is 4. The van der Waals surface area contributed by atoms with Gasteiger partial charge in [0, 0.05) is 59.2 Å². The number of benzene rings is 1. The number of H-pyrrole nitrogens is 1. The third-order valence-corrected chi connectivity index (χ3v) is 10.00. The van der Waals surface area contributed by atoms with Gasteiger partial charge in [-0.25, -0.2) is 31.1 Å². The van der Waals surface area contributed by atoms with Crippen LogP contribution in [0.3, 0.4) is 0 Å². The summed E-state index contributed by atoms with van der Waals surface area (Å²) in [6.45, 7) is 1.88. The Bertz CT molecular complexity index is 2860. The average molecular weight is 689 g/mol. The van der Waals surface area contributed by atoms with Gasteiger partial charge in [0.15, 0.2) is 5.65 Å². The molecule has 0 unspecified atom stereocenters. The quantitative estimate of drug-likeness (QED) is 0.227. The van der Waals surface area contributed by atoms with E-state index in [1.165, 1.54) is 24.5 Å². The van der Waals surface area contributed by atoms with E-state index < -0.39 is 15.8 Å². The van der Waals surface area contributed by atoms with E-state index in [1.807, 2.05) is 26.2 Å². The van der Waals surface area contributed by atoms with Crippen LogP contribution in [0.15, 0.2) is 103 Å². The fraction of sp³-hybridized carbons (Fsp3) is 0.0857. The Hall–Kier alpha value is -6.35. The number of aryl methyl sites for hydroxylation is 3. The molecule has 12 nitrogen and oxygen atoms in total. The summed E-state index contributed by atoms with van der Waals surface area (Å²) in [5.74, 6) is -0.896. The molecule has 9 rings (SSSR count). The van der Waals surface area contributed by atoms with Gasteiger partial charge >= 0.3 is 0 Å². The molecule has 0 fully saturated rings. The molecule has 0 amide bonds. The highest BCUT2D eigenvalue weighted by Crippen LogP contribution is 2.34. The molecule has 0 saturated carbocycles. The van der Waals surface area contributed by atoms with Crippen molar-refractivity contribution in [2.45, 2.75) is 11.8 Å². The Morgan fingerprint density at radius 2 is 1.26 bits per heavy atom. The molecule has 0 bridgehead atoms. The third kappa shape index (κ3) is 5.33. The predicted octanol–water partition coefficient (Wildman–Crippen LogP) is 6.32. The lowest BCUT2D eigenvalue weighted by Gasteiger charge is -2.09. The van der Waals surface area contributed by atoms with Gasteiger partial charge in [0.25, 0.3) is 10.0 Å². The molecule has 0 spiro atoms. The van der Waals surface area contributed by atoms with Crippen LogP contribution in [0.1, 0.15) is 5.56 Å². The van der Waals surface area contributed by atoms with Crippen molar-refractivity contribution in [3.05, 3.63) is 115 Å². The molecule has 0 aliphatic carbocycles. The summed E-state index contributed by atoms with van der Waals surface area (Å²) in [7, 11) is -0.329. The topological polar surface area (TPSA) is 142 Å². The van der Waals surface area contributed by atoms with Crippen molar-refractivity contribution >= 4 is 53.9 Å². The normalized spacial score (nSPS) is 11.9. The van der Waals surface area contributed by atoms with Crippen molar-refractivity contribution in [2.75, 3.05) is 0 Å². The van der Waals surface area contributed by atoms with Crippen molar-refractivity contribution in [3.8, 4) is 22.5 Å². The number of aromatic amines is 1. The van der Waals surface area contributed by atoms with Crippen LogP contribution in [0.4, 0.5) is 8.78 Å². The fourth-order valence-corrected chi connectivity index (χ4v) is 7.33. The van der Waals surface area contributed by atoms with Gasteiger partial charge in [-0.2, -0.15) is 10.2 Å². The van der Waals surface area contributed by atoms with Gasteiger partial charge in [-0.3, -0.25) is 19.3 Å². The van der Waals surface area contributed by atoms with Gasteiger partial charge in [0.1, 0.15) is 17.3 Å². The average Bonchev–Trinajstić information content (AvgIpc) is 3.89. The molecular formula is C35H26F2N10O2S. The zero-order chi connectivity index (χ0) is 34.7. The van der Waals surface area contributed by atoms with Crippen LogP contribution in [-0.2, 0) is 24.1 Å². The summed E-state index contributed by atoms with van der Waals surface area (Å²) in [6.07, 6.45) is 12.5. The maximum absolute atomic E-state index is 14.0.